The highest BCUT2D eigenvalue weighted by Crippen LogP contribution is 2.39. The molecule has 0 atom stereocenters. The summed E-state index contributed by atoms with van der Waals surface area (Å²) in [6.45, 7) is 3.95. The lowest BCUT2D eigenvalue weighted by atomic mass is 9.93. The number of hydrogen-bond donors (Lipinski definition) is 0. The third kappa shape index (κ3) is 4.37. The maximum absolute atomic E-state index is 14.5. The summed E-state index contributed by atoms with van der Waals surface area (Å²) in [5, 5.41) is 0.0624. The van der Waals surface area contributed by atoms with Crippen molar-refractivity contribution in [3.8, 4) is 5.75 Å². The molecule has 0 radical (unpaired) electrons. The molecule has 1 aromatic carbocycles. The number of benzene rings is 1. The maximum atomic E-state index is 14.5. The minimum absolute atomic E-state index is 0.0624. The molecule has 3 rings (SSSR count). The van der Waals surface area contributed by atoms with Crippen LogP contribution in [0.2, 0.25) is 5.02 Å². The number of amides is 2. The molecule has 1 aliphatic heterocycles. The first-order chi connectivity index (χ1) is 13.5. The van der Waals surface area contributed by atoms with Crippen molar-refractivity contribution < 1.29 is 28.2 Å². The fourth-order valence-electron chi connectivity index (χ4n) is 3.33. The quantitative estimate of drug-likeness (QED) is 0.458. The molecule has 0 fully saturated rings. The van der Waals surface area contributed by atoms with Crippen LogP contribution in [-0.2, 0) is 19.1 Å². The zero-order valence-electron chi connectivity index (χ0n) is 15.8. The molecule has 6 nitrogen and oxygen atoms in total. The number of anilines is 1. The molecule has 0 bridgehead atoms. The Kier molecular flexibility index (Phi) is 7.04. The smallest absolute Gasteiger partial charge is 0.261 e. The molecule has 0 spiro atoms. The Morgan fingerprint density at radius 1 is 1.00 bits per heavy atom. The van der Waals surface area contributed by atoms with E-state index in [2.05, 4.69) is 0 Å². The molecule has 8 heteroatoms. The largest absolute Gasteiger partial charge is 0.490 e. The fourth-order valence-corrected chi connectivity index (χ4v) is 3.54. The lowest BCUT2D eigenvalue weighted by molar-refractivity contribution is -0.120. The van der Waals surface area contributed by atoms with E-state index in [1.54, 1.807) is 0 Å². The Labute approximate surface area is 168 Å². The van der Waals surface area contributed by atoms with E-state index in [0.717, 1.165) is 23.8 Å². The predicted molar refractivity (Wildman–Crippen MR) is 102 cm³/mol. The minimum atomic E-state index is -0.744. The lowest BCUT2D eigenvalue weighted by Crippen LogP contribution is -2.32. The van der Waals surface area contributed by atoms with Gasteiger partial charge in [0.25, 0.3) is 11.8 Å². The van der Waals surface area contributed by atoms with Gasteiger partial charge in [0.15, 0.2) is 0 Å². The van der Waals surface area contributed by atoms with Gasteiger partial charge in [-0.05, 0) is 38.7 Å². The summed E-state index contributed by atoms with van der Waals surface area (Å²) < 4.78 is 30.6. The first-order valence-electron chi connectivity index (χ1n) is 9.42. The molecular formula is C20H23ClFNO5. The number of hydrogen-bond acceptors (Lipinski definition) is 5. The van der Waals surface area contributed by atoms with E-state index in [-0.39, 0.29) is 23.1 Å². The highest BCUT2D eigenvalue weighted by Gasteiger charge is 2.41. The molecule has 0 aromatic heterocycles. The molecule has 0 N–H and O–H groups in total. The van der Waals surface area contributed by atoms with Gasteiger partial charge in [-0.2, -0.15) is 0 Å². The summed E-state index contributed by atoms with van der Waals surface area (Å²) in [6.07, 6.45) is 2.81. The van der Waals surface area contributed by atoms with Crippen molar-refractivity contribution in [2.75, 3.05) is 37.9 Å². The number of nitrogens with zero attached hydrogens (tertiary/aromatic N) is 1. The number of rotatable bonds is 9. The predicted octanol–water partition coefficient (Wildman–Crippen LogP) is 3.65. The van der Waals surface area contributed by atoms with Gasteiger partial charge in [-0.15, -0.1) is 0 Å². The van der Waals surface area contributed by atoms with Crippen LogP contribution in [0.5, 0.6) is 5.75 Å². The average Bonchev–Trinajstić information content (AvgIpc) is 2.94. The van der Waals surface area contributed by atoms with Gasteiger partial charge in [0, 0.05) is 23.8 Å². The third-order valence-electron chi connectivity index (χ3n) is 4.69. The Balaban J connectivity index is 1.68. The normalized spacial score (nSPS) is 16.8. The van der Waals surface area contributed by atoms with Crippen LogP contribution in [0.3, 0.4) is 0 Å². The Morgan fingerprint density at radius 3 is 2.25 bits per heavy atom. The van der Waals surface area contributed by atoms with Gasteiger partial charge < -0.3 is 14.2 Å². The number of carbonyl (C=O) groups excluding carboxylic acids is 2. The first kappa shape index (κ1) is 20.8. The minimum Gasteiger partial charge on any atom is -0.490 e. The molecule has 1 heterocycles. The van der Waals surface area contributed by atoms with E-state index in [1.807, 2.05) is 6.92 Å². The van der Waals surface area contributed by atoms with Gasteiger partial charge in [0.1, 0.15) is 18.2 Å². The van der Waals surface area contributed by atoms with Crippen molar-refractivity contribution in [3.63, 3.8) is 0 Å². The lowest BCUT2D eigenvalue weighted by Gasteiger charge is -2.18. The number of ether oxygens (including phenoxy) is 3. The number of carbonyl (C=O) groups is 2. The highest BCUT2D eigenvalue weighted by molar-refractivity contribution is 6.34. The van der Waals surface area contributed by atoms with Crippen LogP contribution in [0.15, 0.2) is 23.3 Å². The standard InChI is InChI=1S/C20H23ClFNO5/c1-2-26-7-8-27-9-10-28-18-12-17(16(22)11-15(18)21)23-19(24)13-5-3-4-6-14(13)20(23)25/h11-12H,2-10H2,1H3. The fraction of sp³-hybridized carbons (Fsp3) is 0.500. The van der Waals surface area contributed by atoms with Gasteiger partial charge in [0.2, 0.25) is 0 Å². The van der Waals surface area contributed by atoms with Crippen LogP contribution in [0, 0.1) is 5.82 Å². The Bertz CT molecular complexity index is 767. The molecule has 0 saturated heterocycles. The van der Waals surface area contributed by atoms with Crippen LogP contribution in [0.25, 0.3) is 0 Å². The monoisotopic (exact) mass is 411 g/mol. The zero-order valence-corrected chi connectivity index (χ0v) is 16.5. The van der Waals surface area contributed by atoms with Crippen LogP contribution in [-0.4, -0.2) is 44.8 Å². The van der Waals surface area contributed by atoms with E-state index in [1.165, 1.54) is 6.07 Å². The Hall–Kier alpha value is -1.96. The molecule has 0 saturated carbocycles. The van der Waals surface area contributed by atoms with Crippen LogP contribution in [0.4, 0.5) is 10.1 Å². The maximum Gasteiger partial charge on any atom is 0.261 e. The summed E-state index contributed by atoms with van der Waals surface area (Å²) in [7, 11) is 0. The van der Waals surface area contributed by atoms with Crippen LogP contribution >= 0.6 is 11.6 Å². The summed E-state index contributed by atoms with van der Waals surface area (Å²) in [6, 6.07) is 2.35. The van der Waals surface area contributed by atoms with E-state index in [4.69, 9.17) is 25.8 Å². The van der Waals surface area contributed by atoms with Gasteiger partial charge in [-0.3, -0.25) is 9.59 Å². The molecule has 2 amide bonds. The van der Waals surface area contributed by atoms with Gasteiger partial charge in [-0.1, -0.05) is 11.6 Å². The van der Waals surface area contributed by atoms with Crippen molar-refractivity contribution in [1.82, 2.24) is 0 Å². The zero-order chi connectivity index (χ0) is 20.1. The van der Waals surface area contributed by atoms with Crippen molar-refractivity contribution in [3.05, 3.63) is 34.1 Å². The van der Waals surface area contributed by atoms with Crippen molar-refractivity contribution >= 4 is 29.1 Å². The SMILES string of the molecule is CCOCCOCCOc1cc(N2C(=O)C3=C(CCCC3)C2=O)c(F)cc1Cl. The molecule has 28 heavy (non-hydrogen) atoms. The first-order valence-corrected chi connectivity index (χ1v) is 9.80. The summed E-state index contributed by atoms with van der Waals surface area (Å²) >= 11 is 6.06. The second-order valence-corrected chi connectivity index (χ2v) is 6.91. The van der Waals surface area contributed by atoms with E-state index >= 15 is 0 Å². The summed E-state index contributed by atoms with van der Waals surface area (Å²) in [5.74, 6) is -1.46. The molecule has 1 aliphatic carbocycles. The average molecular weight is 412 g/mol. The molecule has 1 aromatic rings. The molecule has 2 aliphatic rings. The second kappa shape index (κ2) is 9.49. The number of halogens is 2. The Morgan fingerprint density at radius 2 is 1.61 bits per heavy atom. The molecular weight excluding hydrogens is 389 g/mol. The number of imide groups is 1. The van der Waals surface area contributed by atoms with Crippen molar-refractivity contribution in [2.24, 2.45) is 0 Å². The van der Waals surface area contributed by atoms with Crippen molar-refractivity contribution in [2.45, 2.75) is 32.6 Å². The summed E-state index contributed by atoms with van der Waals surface area (Å²) in [5.41, 5.74) is 0.854. The van der Waals surface area contributed by atoms with Crippen LogP contribution < -0.4 is 9.64 Å². The van der Waals surface area contributed by atoms with Gasteiger partial charge in [0.05, 0.1) is 30.5 Å². The van der Waals surface area contributed by atoms with Crippen LogP contribution in [0.1, 0.15) is 32.6 Å². The van der Waals surface area contributed by atoms with E-state index in [9.17, 15) is 14.0 Å². The topological polar surface area (TPSA) is 65.1 Å². The molecule has 0 unspecified atom stereocenters. The molecule has 152 valence electrons. The third-order valence-corrected chi connectivity index (χ3v) is 4.99. The van der Waals surface area contributed by atoms with Gasteiger partial charge >= 0.3 is 0 Å². The van der Waals surface area contributed by atoms with Crippen molar-refractivity contribution in [1.29, 1.82) is 0 Å². The summed E-state index contributed by atoms with van der Waals surface area (Å²) in [4.78, 5) is 26.2. The van der Waals surface area contributed by atoms with E-state index < -0.39 is 17.6 Å². The highest BCUT2D eigenvalue weighted by atomic mass is 35.5. The van der Waals surface area contributed by atoms with E-state index in [0.29, 0.717) is 50.4 Å². The second-order valence-electron chi connectivity index (χ2n) is 6.50. The van der Waals surface area contributed by atoms with Gasteiger partial charge in [-0.25, -0.2) is 9.29 Å².